The van der Waals surface area contributed by atoms with Crippen LogP contribution in [-0.2, 0) is 16.1 Å². The van der Waals surface area contributed by atoms with Crippen molar-refractivity contribution in [3.05, 3.63) is 48.3 Å². The van der Waals surface area contributed by atoms with Crippen molar-refractivity contribution >= 4 is 17.5 Å². The Morgan fingerprint density at radius 3 is 2.96 bits per heavy atom. The van der Waals surface area contributed by atoms with Gasteiger partial charge in [0.1, 0.15) is 6.04 Å². The minimum Gasteiger partial charge on any atom is -0.350 e. The molecule has 3 rings (SSSR count). The lowest BCUT2D eigenvalue weighted by Crippen LogP contribution is -2.31. The molecule has 0 bridgehead atoms. The molecule has 2 amide bonds. The molecule has 6 heteroatoms. The molecule has 6 nitrogen and oxygen atoms in total. The zero-order valence-corrected chi connectivity index (χ0v) is 13.1. The third kappa shape index (κ3) is 3.41. The van der Waals surface area contributed by atoms with Gasteiger partial charge in [-0.15, -0.1) is 0 Å². The number of hydrogen-bond donors (Lipinski definition) is 1. The Morgan fingerprint density at radius 2 is 2.26 bits per heavy atom. The van der Waals surface area contributed by atoms with Gasteiger partial charge < -0.3 is 10.2 Å². The average molecular weight is 312 g/mol. The van der Waals surface area contributed by atoms with Gasteiger partial charge in [0, 0.05) is 37.6 Å². The number of nitrogens with zero attached hydrogens (tertiary/aromatic N) is 3. The molecule has 1 aromatic heterocycles. The Kier molecular flexibility index (Phi) is 4.41. The minimum atomic E-state index is -0.353. The maximum absolute atomic E-state index is 12.2. The van der Waals surface area contributed by atoms with Crippen molar-refractivity contribution in [2.24, 2.45) is 0 Å². The first-order valence-corrected chi connectivity index (χ1v) is 7.81. The number of carbonyl (C=O) groups excluding carboxylic acids is 2. The van der Waals surface area contributed by atoms with Crippen LogP contribution >= 0.6 is 0 Å². The first-order valence-electron chi connectivity index (χ1n) is 7.81. The number of hydrogen-bond acceptors (Lipinski definition) is 3. The molecule has 2 heterocycles. The molecule has 1 saturated heterocycles. The fourth-order valence-electron chi connectivity index (χ4n) is 2.72. The number of benzene rings is 1. The first-order chi connectivity index (χ1) is 11.1. The number of aromatic nitrogens is 2. The Morgan fingerprint density at radius 1 is 1.39 bits per heavy atom. The highest BCUT2D eigenvalue weighted by molar-refractivity contribution is 5.95. The van der Waals surface area contributed by atoms with Gasteiger partial charge in [0.2, 0.25) is 11.8 Å². The molecule has 0 saturated carbocycles. The maximum Gasteiger partial charge on any atom is 0.244 e. The van der Waals surface area contributed by atoms with Crippen LogP contribution in [0.2, 0.25) is 0 Å². The van der Waals surface area contributed by atoms with Crippen LogP contribution in [0.5, 0.6) is 0 Å². The zero-order valence-electron chi connectivity index (χ0n) is 13.1. The van der Waals surface area contributed by atoms with Crippen molar-refractivity contribution in [3.8, 4) is 0 Å². The second kappa shape index (κ2) is 6.64. The first kappa shape index (κ1) is 15.3. The van der Waals surface area contributed by atoms with Gasteiger partial charge in [-0.1, -0.05) is 12.1 Å². The zero-order chi connectivity index (χ0) is 16.2. The van der Waals surface area contributed by atoms with Crippen molar-refractivity contribution in [2.75, 3.05) is 11.4 Å². The van der Waals surface area contributed by atoms with Gasteiger partial charge >= 0.3 is 0 Å². The lowest BCUT2D eigenvalue weighted by Gasteiger charge is -2.17. The maximum atomic E-state index is 12.2. The molecule has 0 unspecified atom stereocenters. The molecule has 0 aliphatic carbocycles. The molecule has 1 aliphatic rings. The van der Waals surface area contributed by atoms with Crippen molar-refractivity contribution < 1.29 is 9.59 Å². The predicted molar refractivity (Wildman–Crippen MR) is 86.8 cm³/mol. The Hall–Kier alpha value is -2.63. The van der Waals surface area contributed by atoms with E-state index >= 15 is 0 Å². The van der Waals surface area contributed by atoms with Gasteiger partial charge in [0.25, 0.3) is 0 Å². The van der Waals surface area contributed by atoms with E-state index in [1.165, 1.54) is 0 Å². The van der Waals surface area contributed by atoms with Crippen molar-refractivity contribution in [3.63, 3.8) is 0 Å². The monoisotopic (exact) mass is 312 g/mol. The molecule has 2 aromatic rings. The topological polar surface area (TPSA) is 67.2 Å². The molecule has 1 N–H and O–H groups in total. The highest BCUT2D eigenvalue weighted by Gasteiger charge is 2.21. The van der Waals surface area contributed by atoms with Crippen LogP contribution < -0.4 is 10.2 Å². The Labute approximate surface area is 135 Å². The fourth-order valence-corrected chi connectivity index (χ4v) is 2.72. The number of anilines is 1. The standard InChI is InChI=1S/C17H20N4O2/c1-13(21-10-4-8-19-21)17(23)18-12-14-5-2-6-15(11-14)20-9-3-7-16(20)22/h2,4-6,8,10-11,13H,3,7,9,12H2,1H3,(H,18,23)/t13-/m1/s1. The summed E-state index contributed by atoms with van der Waals surface area (Å²) in [6.45, 7) is 3.01. The molecular weight excluding hydrogens is 292 g/mol. The van der Waals surface area contributed by atoms with E-state index in [1.54, 1.807) is 28.0 Å². The van der Waals surface area contributed by atoms with Crippen LogP contribution in [-0.4, -0.2) is 28.1 Å². The molecule has 1 atom stereocenters. The van der Waals surface area contributed by atoms with Gasteiger partial charge in [-0.25, -0.2) is 0 Å². The average Bonchev–Trinajstić information content (AvgIpc) is 3.23. The van der Waals surface area contributed by atoms with E-state index in [0.29, 0.717) is 13.0 Å². The van der Waals surface area contributed by atoms with Gasteiger partial charge in [-0.2, -0.15) is 5.10 Å². The van der Waals surface area contributed by atoms with E-state index in [-0.39, 0.29) is 17.9 Å². The number of nitrogens with one attached hydrogen (secondary N) is 1. The van der Waals surface area contributed by atoms with E-state index in [4.69, 9.17) is 0 Å². The summed E-state index contributed by atoms with van der Waals surface area (Å²) in [4.78, 5) is 25.8. The molecule has 0 radical (unpaired) electrons. The van der Waals surface area contributed by atoms with Crippen LogP contribution in [0.25, 0.3) is 0 Å². The summed E-state index contributed by atoms with van der Waals surface area (Å²) >= 11 is 0. The lowest BCUT2D eigenvalue weighted by atomic mass is 10.2. The van der Waals surface area contributed by atoms with Crippen LogP contribution in [0, 0.1) is 0 Å². The van der Waals surface area contributed by atoms with Gasteiger partial charge in [-0.05, 0) is 37.1 Å². The van der Waals surface area contributed by atoms with E-state index in [0.717, 1.165) is 24.2 Å². The third-order valence-electron chi connectivity index (χ3n) is 4.06. The summed E-state index contributed by atoms with van der Waals surface area (Å²) in [6, 6.07) is 9.19. The largest absolute Gasteiger partial charge is 0.350 e. The Bertz CT molecular complexity index is 696. The highest BCUT2D eigenvalue weighted by Crippen LogP contribution is 2.22. The van der Waals surface area contributed by atoms with Crippen LogP contribution in [0.4, 0.5) is 5.69 Å². The fraction of sp³-hybridized carbons (Fsp3) is 0.353. The Balaban J connectivity index is 1.62. The van der Waals surface area contributed by atoms with Crippen LogP contribution in [0.3, 0.4) is 0 Å². The summed E-state index contributed by atoms with van der Waals surface area (Å²) < 4.78 is 1.62. The van der Waals surface area contributed by atoms with Crippen molar-refractivity contribution in [1.29, 1.82) is 0 Å². The highest BCUT2D eigenvalue weighted by atomic mass is 16.2. The molecule has 1 aromatic carbocycles. The summed E-state index contributed by atoms with van der Waals surface area (Å²) in [6.07, 6.45) is 4.94. The summed E-state index contributed by atoms with van der Waals surface area (Å²) in [5.41, 5.74) is 1.88. The summed E-state index contributed by atoms with van der Waals surface area (Å²) in [7, 11) is 0. The van der Waals surface area contributed by atoms with Crippen molar-refractivity contribution in [2.45, 2.75) is 32.4 Å². The SMILES string of the molecule is C[C@H](C(=O)NCc1cccc(N2CCCC2=O)c1)n1cccn1. The smallest absolute Gasteiger partial charge is 0.244 e. The minimum absolute atomic E-state index is 0.0867. The second-order valence-electron chi connectivity index (χ2n) is 5.70. The molecular formula is C17H20N4O2. The van der Waals surface area contributed by atoms with Crippen LogP contribution in [0.1, 0.15) is 31.4 Å². The predicted octanol–water partition coefficient (Wildman–Crippen LogP) is 1.89. The van der Waals surface area contributed by atoms with E-state index in [2.05, 4.69) is 10.4 Å². The molecule has 23 heavy (non-hydrogen) atoms. The van der Waals surface area contributed by atoms with Gasteiger partial charge in [0.05, 0.1) is 0 Å². The lowest BCUT2D eigenvalue weighted by molar-refractivity contribution is -0.124. The van der Waals surface area contributed by atoms with Crippen molar-refractivity contribution in [1.82, 2.24) is 15.1 Å². The van der Waals surface area contributed by atoms with Gasteiger partial charge in [-0.3, -0.25) is 14.3 Å². The van der Waals surface area contributed by atoms with Gasteiger partial charge in [0.15, 0.2) is 0 Å². The summed E-state index contributed by atoms with van der Waals surface area (Å²) in [5.74, 6) is 0.0786. The third-order valence-corrected chi connectivity index (χ3v) is 4.06. The number of amides is 2. The number of carbonyl (C=O) groups is 2. The number of rotatable bonds is 5. The molecule has 1 fully saturated rings. The normalized spacial score (nSPS) is 15.7. The quantitative estimate of drug-likeness (QED) is 0.917. The second-order valence-corrected chi connectivity index (χ2v) is 5.70. The molecule has 120 valence electrons. The molecule has 1 aliphatic heterocycles. The van der Waals surface area contributed by atoms with Crippen LogP contribution in [0.15, 0.2) is 42.7 Å². The van der Waals surface area contributed by atoms with E-state index < -0.39 is 0 Å². The van der Waals surface area contributed by atoms with E-state index in [1.807, 2.05) is 31.2 Å². The molecule has 0 spiro atoms. The summed E-state index contributed by atoms with van der Waals surface area (Å²) in [5, 5.41) is 6.99. The van der Waals surface area contributed by atoms with E-state index in [9.17, 15) is 9.59 Å².